The van der Waals surface area contributed by atoms with E-state index in [4.69, 9.17) is 25.5 Å². The number of aromatic nitrogens is 1. The second-order valence-electron chi connectivity index (χ2n) is 5.03. The molecule has 4 N–H and O–H groups in total. The molecule has 0 spiro atoms. The van der Waals surface area contributed by atoms with Crippen molar-refractivity contribution in [3.63, 3.8) is 0 Å². The zero-order valence-electron chi connectivity index (χ0n) is 12.9. The Morgan fingerprint density at radius 2 is 1.50 bits per heavy atom. The van der Waals surface area contributed by atoms with Crippen molar-refractivity contribution in [1.82, 2.24) is 4.57 Å². The fourth-order valence-corrected chi connectivity index (χ4v) is 2.41. The highest BCUT2D eigenvalue weighted by Gasteiger charge is 2.08. The van der Waals surface area contributed by atoms with Crippen LogP contribution in [-0.2, 0) is 16.0 Å². The molecule has 124 valence electrons. The molecule has 0 saturated carbocycles. The van der Waals surface area contributed by atoms with Crippen LogP contribution in [0.25, 0.3) is 16.6 Å². The fraction of sp³-hybridized carbons (Fsp3) is 0.111. The first-order valence-electron chi connectivity index (χ1n) is 7.35. The Hall–Kier alpha value is -3.12. The van der Waals surface area contributed by atoms with Crippen LogP contribution < -0.4 is 5.73 Å². The monoisotopic (exact) mass is 326 g/mol. The van der Waals surface area contributed by atoms with Gasteiger partial charge in [-0.3, -0.25) is 0 Å². The summed E-state index contributed by atoms with van der Waals surface area (Å²) in [4.78, 5) is 18.2. The minimum atomic E-state index is -1.82. The third-order valence-electron chi connectivity index (χ3n) is 3.43. The lowest BCUT2D eigenvalue weighted by molar-refractivity contribution is -0.159. The van der Waals surface area contributed by atoms with Crippen molar-refractivity contribution < 1.29 is 19.8 Å². The minimum Gasteiger partial charge on any atom is -0.473 e. The molecule has 0 saturated heterocycles. The van der Waals surface area contributed by atoms with E-state index in [1.165, 1.54) is 22.2 Å². The predicted octanol–water partition coefficient (Wildman–Crippen LogP) is 2.29. The summed E-state index contributed by atoms with van der Waals surface area (Å²) in [5, 5.41) is 16.1. The first-order chi connectivity index (χ1) is 11.5. The highest BCUT2D eigenvalue weighted by atomic mass is 16.4. The lowest BCUT2D eigenvalue weighted by Gasteiger charge is -2.04. The molecule has 6 heteroatoms. The zero-order chi connectivity index (χ0) is 17.5. The molecule has 0 aliphatic carbocycles. The quantitative estimate of drug-likeness (QED) is 0.640. The number of benzene rings is 2. The summed E-state index contributed by atoms with van der Waals surface area (Å²) in [7, 11) is 0. The van der Waals surface area contributed by atoms with Gasteiger partial charge in [0.2, 0.25) is 0 Å². The van der Waals surface area contributed by atoms with Crippen molar-refractivity contribution in [3.05, 3.63) is 66.4 Å². The fourth-order valence-electron chi connectivity index (χ4n) is 2.41. The molecule has 0 atom stereocenters. The molecular weight excluding hydrogens is 308 g/mol. The summed E-state index contributed by atoms with van der Waals surface area (Å²) in [5.41, 5.74) is 9.44. The second-order valence-corrected chi connectivity index (χ2v) is 5.03. The Morgan fingerprint density at radius 3 is 2.08 bits per heavy atom. The smallest absolute Gasteiger partial charge is 0.414 e. The van der Waals surface area contributed by atoms with Crippen LogP contribution in [0.3, 0.4) is 0 Å². The molecule has 0 fully saturated rings. The maximum Gasteiger partial charge on any atom is 0.414 e. The molecule has 0 aliphatic heterocycles. The van der Waals surface area contributed by atoms with Crippen LogP contribution in [0.15, 0.2) is 60.8 Å². The van der Waals surface area contributed by atoms with E-state index < -0.39 is 11.9 Å². The summed E-state index contributed by atoms with van der Waals surface area (Å²) >= 11 is 0. The van der Waals surface area contributed by atoms with Gasteiger partial charge < -0.3 is 20.5 Å². The highest BCUT2D eigenvalue weighted by Crippen LogP contribution is 2.24. The average molecular weight is 326 g/mol. The molecule has 0 radical (unpaired) electrons. The Kier molecular flexibility index (Phi) is 5.70. The number of fused-ring (bicyclic) bond motifs is 1. The molecule has 1 heterocycles. The van der Waals surface area contributed by atoms with Crippen molar-refractivity contribution >= 4 is 22.8 Å². The standard InChI is InChI=1S/C16H16N2.C2H2O4/c17-11-10-13-12-18(14-6-2-1-3-7-14)16-9-5-4-8-15(13)16;3-1(4)2(5)6/h1-9,12H,10-11,17H2;(H,3,4)(H,5,6). The summed E-state index contributed by atoms with van der Waals surface area (Å²) < 4.78 is 2.24. The van der Waals surface area contributed by atoms with Gasteiger partial charge >= 0.3 is 11.9 Å². The maximum atomic E-state index is 9.10. The van der Waals surface area contributed by atoms with Gasteiger partial charge in [-0.2, -0.15) is 0 Å². The van der Waals surface area contributed by atoms with Crippen molar-refractivity contribution in [2.75, 3.05) is 6.54 Å². The molecule has 0 aliphatic rings. The number of carboxylic acid groups (broad SMARTS) is 2. The largest absolute Gasteiger partial charge is 0.473 e. The number of carbonyl (C=O) groups is 2. The normalized spacial score (nSPS) is 10.0. The van der Waals surface area contributed by atoms with E-state index in [-0.39, 0.29) is 0 Å². The number of nitrogens with two attached hydrogens (primary N) is 1. The van der Waals surface area contributed by atoms with E-state index in [0.717, 1.165) is 6.42 Å². The number of nitrogens with zero attached hydrogens (tertiary/aromatic N) is 1. The first kappa shape index (κ1) is 17.2. The molecule has 0 bridgehead atoms. The number of aliphatic carboxylic acids is 2. The van der Waals surface area contributed by atoms with Gasteiger partial charge in [-0.15, -0.1) is 0 Å². The van der Waals surface area contributed by atoms with E-state index in [2.05, 4.69) is 59.3 Å². The van der Waals surface area contributed by atoms with Gasteiger partial charge in [0, 0.05) is 17.3 Å². The minimum absolute atomic E-state index is 0.683. The molecule has 6 nitrogen and oxygen atoms in total. The van der Waals surface area contributed by atoms with Crippen LogP contribution in [0.2, 0.25) is 0 Å². The van der Waals surface area contributed by atoms with E-state index in [1.54, 1.807) is 0 Å². The summed E-state index contributed by atoms with van der Waals surface area (Å²) in [6, 6.07) is 18.9. The molecule has 1 aromatic heterocycles. The zero-order valence-corrected chi connectivity index (χ0v) is 12.9. The Labute approximate surface area is 138 Å². The molecular formula is C18H18N2O4. The first-order valence-corrected chi connectivity index (χ1v) is 7.35. The molecule has 3 rings (SSSR count). The maximum absolute atomic E-state index is 9.10. The van der Waals surface area contributed by atoms with Crippen molar-refractivity contribution in [1.29, 1.82) is 0 Å². The van der Waals surface area contributed by atoms with Gasteiger partial charge in [-0.1, -0.05) is 36.4 Å². The topological polar surface area (TPSA) is 106 Å². The number of carboxylic acids is 2. The third-order valence-corrected chi connectivity index (χ3v) is 3.43. The Morgan fingerprint density at radius 1 is 0.917 bits per heavy atom. The van der Waals surface area contributed by atoms with Crippen LogP contribution >= 0.6 is 0 Å². The number of rotatable bonds is 3. The van der Waals surface area contributed by atoms with Crippen LogP contribution in [0.1, 0.15) is 5.56 Å². The van der Waals surface area contributed by atoms with Gasteiger partial charge in [0.25, 0.3) is 0 Å². The molecule has 0 unspecified atom stereocenters. The van der Waals surface area contributed by atoms with Gasteiger partial charge in [0.05, 0.1) is 5.52 Å². The second kappa shape index (κ2) is 7.94. The van der Waals surface area contributed by atoms with Crippen molar-refractivity contribution in [2.45, 2.75) is 6.42 Å². The SMILES string of the molecule is NCCc1cn(-c2ccccc2)c2ccccc12.O=C(O)C(=O)O. The van der Waals surface area contributed by atoms with Crippen LogP contribution in [0.4, 0.5) is 0 Å². The van der Waals surface area contributed by atoms with E-state index in [0.29, 0.717) is 6.54 Å². The third kappa shape index (κ3) is 3.99. The van der Waals surface area contributed by atoms with E-state index >= 15 is 0 Å². The lowest BCUT2D eigenvalue weighted by atomic mass is 10.1. The Balaban J connectivity index is 0.000000301. The van der Waals surface area contributed by atoms with Gasteiger partial charge in [-0.05, 0) is 36.7 Å². The number of hydrogen-bond donors (Lipinski definition) is 3. The molecule has 24 heavy (non-hydrogen) atoms. The lowest BCUT2D eigenvalue weighted by Crippen LogP contribution is -2.09. The molecule has 0 amide bonds. The van der Waals surface area contributed by atoms with Crippen LogP contribution in [-0.4, -0.2) is 33.3 Å². The van der Waals surface area contributed by atoms with Crippen molar-refractivity contribution in [3.8, 4) is 5.69 Å². The summed E-state index contributed by atoms with van der Waals surface area (Å²) in [6.45, 7) is 0.683. The number of para-hydroxylation sites is 2. The summed E-state index contributed by atoms with van der Waals surface area (Å²) in [5.74, 6) is -3.65. The van der Waals surface area contributed by atoms with Gasteiger partial charge in [-0.25, -0.2) is 9.59 Å². The van der Waals surface area contributed by atoms with Crippen LogP contribution in [0.5, 0.6) is 0 Å². The van der Waals surface area contributed by atoms with E-state index in [1.807, 2.05) is 6.07 Å². The van der Waals surface area contributed by atoms with Gasteiger partial charge in [0.1, 0.15) is 0 Å². The molecule has 3 aromatic rings. The van der Waals surface area contributed by atoms with E-state index in [9.17, 15) is 0 Å². The predicted molar refractivity (Wildman–Crippen MR) is 91.3 cm³/mol. The summed E-state index contributed by atoms with van der Waals surface area (Å²) in [6.07, 6.45) is 3.12. The van der Waals surface area contributed by atoms with Gasteiger partial charge in [0.15, 0.2) is 0 Å². The number of hydrogen-bond acceptors (Lipinski definition) is 3. The van der Waals surface area contributed by atoms with Crippen LogP contribution in [0, 0.1) is 0 Å². The molecule has 2 aromatic carbocycles. The highest BCUT2D eigenvalue weighted by molar-refractivity contribution is 6.27. The van der Waals surface area contributed by atoms with Crippen molar-refractivity contribution in [2.24, 2.45) is 5.73 Å². The average Bonchev–Trinajstić information content (AvgIpc) is 2.95. The Bertz CT molecular complexity index is 829.